The van der Waals surface area contributed by atoms with E-state index in [1.807, 2.05) is 0 Å². The molecule has 3 rings (SSSR count). The Morgan fingerprint density at radius 3 is 2.81 bits per heavy atom. The molecule has 1 amide bonds. The van der Waals surface area contributed by atoms with Gasteiger partial charge >= 0.3 is 6.18 Å². The number of rotatable bonds is 4. The van der Waals surface area contributed by atoms with E-state index in [9.17, 15) is 18.0 Å². The Morgan fingerprint density at radius 2 is 2.08 bits per heavy atom. The van der Waals surface area contributed by atoms with E-state index < -0.39 is 11.7 Å². The molecule has 2 aromatic rings. The molecule has 0 spiro atoms. The smallest absolute Gasteiger partial charge is 0.351 e. The first-order valence-corrected chi connectivity index (χ1v) is 8.58. The Balaban J connectivity index is 1.65. The number of alkyl halides is 3. The normalized spacial score (nSPS) is 20.8. The summed E-state index contributed by atoms with van der Waals surface area (Å²) < 4.78 is 38.4. The zero-order chi connectivity index (χ0) is 18.7. The third-order valence-corrected chi connectivity index (χ3v) is 4.64. The summed E-state index contributed by atoms with van der Waals surface area (Å²) in [5.41, 5.74) is -0.581. The molecule has 1 heterocycles. The summed E-state index contributed by atoms with van der Waals surface area (Å²) in [4.78, 5) is 13.3. The number of hydrogen-bond donors (Lipinski definition) is 1. The van der Waals surface area contributed by atoms with Crippen molar-refractivity contribution < 1.29 is 18.0 Å². The zero-order valence-electron chi connectivity index (χ0n) is 14.3. The fourth-order valence-corrected chi connectivity index (χ4v) is 3.17. The third kappa shape index (κ3) is 4.39. The van der Waals surface area contributed by atoms with Crippen LogP contribution < -0.4 is 5.32 Å². The lowest BCUT2D eigenvalue weighted by Gasteiger charge is -2.29. The van der Waals surface area contributed by atoms with E-state index in [0.29, 0.717) is 5.92 Å². The Hall–Kier alpha value is -2.45. The molecule has 1 aliphatic carbocycles. The van der Waals surface area contributed by atoms with Crippen molar-refractivity contribution in [3.05, 3.63) is 29.8 Å². The summed E-state index contributed by atoms with van der Waals surface area (Å²) in [6.07, 6.45) is -0.128. The molecule has 0 radical (unpaired) electrons. The highest BCUT2D eigenvalue weighted by atomic mass is 19.4. The van der Waals surface area contributed by atoms with Gasteiger partial charge in [-0.3, -0.25) is 4.79 Å². The van der Waals surface area contributed by atoms with Gasteiger partial charge in [0.25, 0.3) is 0 Å². The van der Waals surface area contributed by atoms with Gasteiger partial charge in [-0.05, 0) is 36.1 Å². The second kappa shape index (κ2) is 7.43. The quantitative estimate of drug-likeness (QED) is 0.902. The van der Waals surface area contributed by atoms with Gasteiger partial charge in [0, 0.05) is 11.6 Å². The van der Waals surface area contributed by atoms with Gasteiger partial charge in [0.15, 0.2) is 0 Å². The summed E-state index contributed by atoms with van der Waals surface area (Å²) >= 11 is 0. The molecule has 0 aliphatic heterocycles. The van der Waals surface area contributed by atoms with Crippen LogP contribution in [0.15, 0.2) is 24.3 Å². The second-order valence-electron chi connectivity index (χ2n) is 6.66. The largest absolute Gasteiger partial charge is 0.416 e. The van der Waals surface area contributed by atoms with Gasteiger partial charge in [0.05, 0.1) is 5.56 Å². The summed E-state index contributed by atoms with van der Waals surface area (Å²) in [5.74, 6) is 0.253. The third-order valence-electron chi connectivity index (χ3n) is 4.64. The topological polar surface area (TPSA) is 72.7 Å². The van der Waals surface area contributed by atoms with Crippen LogP contribution in [-0.2, 0) is 17.5 Å². The van der Waals surface area contributed by atoms with Crippen molar-refractivity contribution in [2.45, 2.75) is 51.4 Å². The van der Waals surface area contributed by atoms with E-state index in [4.69, 9.17) is 0 Å². The van der Waals surface area contributed by atoms with Crippen molar-refractivity contribution in [2.75, 3.05) is 0 Å². The molecule has 1 aromatic carbocycles. The Kier molecular flexibility index (Phi) is 5.24. The highest BCUT2D eigenvalue weighted by Gasteiger charge is 2.30. The monoisotopic (exact) mass is 367 g/mol. The van der Waals surface area contributed by atoms with Crippen LogP contribution in [0.25, 0.3) is 11.4 Å². The molecule has 9 heteroatoms. The fraction of sp³-hybridized carbons (Fsp3) is 0.529. The van der Waals surface area contributed by atoms with Crippen molar-refractivity contribution >= 4 is 5.91 Å². The summed E-state index contributed by atoms with van der Waals surface area (Å²) in [5, 5.41) is 14.5. The average Bonchev–Trinajstić information content (AvgIpc) is 3.05. The van der Waals surface area contributed by atoms with Gasteiger partial charge in [0.1, 0.15) is 6.54 Å². The van der Waals surface area contributed by atoms with E-state index in [1.165, 1.54) is 18.6 Å². The summed E-state index contributed by atoms with van der Waals surface area (Å²) in [6, 6.07) is 4.84. The molecule has 1 aromatic heterocycles. The van der Waals surface area contributed by atoms with Crippen molar-refractivity contribution in [3.8, 4) is 11.4 Å². The number of benzene rings is 1. The van der Waals surface area contributed by atoms with E-state index >= 15 is 0 Å². The van der Waals surface area contributed by atoms with Crippen LogP contribution in [0.3, 0.4) is 0 Å². The van der Waals surface area contributed by atoms with Gasteiger partial charge in [-0.25, -0.2) is 0 Å². The number of hydrogen-bond acceptors (Lipinski definition) is 4. The Labute approximate surface area is 148 Å². The molecule has 1 N–H and O–H groups in total. The molecule has 1 aliphatic rings. The van der Waals surface area contributed by atoms with E-state index in [0.717, 1.165) is 36.2 Å². The standard InChI is InChI=1S/C17H20F3N5O/c1-11-5-2-3-8-14(11)21-15(26)10-25-23-16(22-24-25)12-6-4-7-13(9-12)17(18,19)20/h4,6-7,9,11,14H,2-3,5,8,10H2,1H3,(H,21,26)/t11-,14+/m1/s1. The number of amides is 1. The van der Waals surface area contributed by atoms with Crippen molar-refractivity contribution in [1.82, 2.24) is 25.5 Å². The number of carbonyl (C=O) groups excluding carboxylic acids is 1. The lowest BCUT2D eigenvalue weighted by molar-refractivity contribution is -0.137. The van der Waals surface area contributed by atoms with Gasteiger partial charge in [-0.2, -0.15) is 18.0 Å². The molecule has 6 nitrogen and oxygen atoms in total. The first kappa shape index (κ1) is 18.3. The van der Waals surface area contributed by atoms with E-state index in [-0.39, 0.29) is 29.9 Å². The van der Waals surface area contributed by atoms with Crippen LogP contribution in [0.1, 0.15) is 38.2 Å². The van der Waals surface area contributed by atoms with Crippen LogP contribution in [0.2, 0.25) is 0 Å². The first-order valence-electron chi connectivity index (χ1n) is 8.58. The average molecular weight is 367 g/mol. The van der Waals surface area contributed by atoms with E-state index in [2.05, 4.69) is 27.7 Å². The SMILES string of the molecule is C[C@@H]1CCCC[C@@H]1NC(=O)Cn1nnc(-c2cccc(C(F)(F)F)c2)n1. The minimum absolute atomic E-state index is 0.0509. The minimum Gasteiger partial charge on any atom is -0.351 e. The van der Waals surface area contributed by atoms with Crippen molar-refractivity contribution in [3.63, 3.8) is 0 Å². The fourth-order valence-electron chi connectivity index (χ4n) is 3.17. The number of nitrogens with one attached hydrogen (secondary N) is 1. The van der Waals surface area contributed by atoms with E-state index in [1.54, 1.807) is 0 Å². The van der Waals surface area contributed by atoms with Gasteiger partial charge in [0.2, 0.25) is 11.7 Å². The number of aromatic nitrogens is 4. The molecule has 0 saturated heterocycles. The second-order valence-corrected chi connectivity index (χ2v) is 6.66. The van der Waals surface area contributed by atoms with Gasteiger partial charge in [-0.1, -0.05) is 31.9 Å². The molecule has 1 saturated carbocycles. The molecule has 1 fully saturated rings. The maximum absolute atomic E-state index is 12.8. The molecule has 0 bridgehead atoms. The number of carbonyl (C=O) groups is 1. The predicted molar refractivity (Wildman–Crippen MR) is 87.8 cm³/mol. The van der Waals surface area contributed by atoms with Gasteiger partial charge < -0.3 is 5.32 Å². The number of tetrazole rings is 1. The summed E-state index contributed by atoms with van der Waals surface area (Å²) in [7, 11) is 0. The van der Waals surface area contributed by atoms with Crippen molar-refractivity contribution in [1.29, 1.82) is 0 Å². The Morgan fingerprint density at radius 1 is 1.31 bits per heavy atom. The lowest BCUT2D eigenvalue weighted by Crippen LogP contribution is -2.42. The Bertz CT molecular complexity index is 774. The maximum atomic E-state index is 12.8. The van der Waals surface area contributed by atoms with Crippen molar-refractivity contribution in [2.24, 2.45) is 5.92 Å². The van der Waals surface area contributed by atoms with Crippen LogP contribution in [0.5, 0.6) is 0 Å². The molecule has 2 atom stereocenters. The maximum Gasteiger partial charge on any atom is 0.416 e. The predicted octanol–water partition coefficient (Wildman–Crippen LogP) is 3.05. The molecule has 140 valence electrons. The van der Waals surface area contributed by atoms with Crippen LogP contribution in [-0.4, -0.2) is 32.2 Å². The lowest BCUT2D eigenvalue weighted by atomic mass is 9.86. The highest BCUT2D eigenvalue weighted by molar-refractivity contribution is 5.75. The van der Waals surface area contributed by atoms with Crippen LogP contribution in [0, 0.1) is 5.92 Å². The zero-order valence-corrected chi connectivity index (χ0v) is 14.3. The first-order chi connectivity index (χ1) is 12.3. The molecule has 26 heavy (non-hydrogen) atoms. The number of halogens is 3. The minimum atomic E-state index is -4.44. The summed E-state index contributed by atoms with van der Waals surface area (Å²) in [6.45, 7) is 2.00. The molecule has 0 unspecified atom stereocenters. The molecular weight excluding hydrogens is 347 g/mol. The number of nitrogens with zero attached hydrogens (tertiary/aromatic N) is 4. The highest BCUT2D eigenvalue weighted by Crippen LogP contribution is 2.31. The molecular formula is C17H20F3N5O. The van der Waals surface area contributed by atoms with Gasteiger partial charge in [-0.15, -0.1) is 10.2 Å². The van der Waals surface area contributed by atoms with Crippen LogP contribution in [0.4, 0.5) is 13.2 Å². The van der Waals surface area contributed by atoms with Crippen LogP contribution >= 0.6 is 0 Å².